The molecule has 0 saturated heterocycles. The highest BCUT2D eigenvalue weighted by molar-refractivity contribution is 5.76. The van der Waals surface area contributed by atoms with Crippen LogP contribution in [0.2, 0.25) is 0 Å². The number of unbranched alkanes of at least 4 members (excludes halogenated alkanes) is 64. The topological polar surface area (TPSA) is 95.9 Å². The van der Waals surface area contributed by atoms with Crippen LogP contribution < -0.4 is 5.32 Å². The number of hydrogen-bond acceptors (Lipinski definition) is 5. The highest BCUT2D eigenvalue weighted by Crippen LogP contribution is 2.20. The summed E-state index contributed by atoms with van der Waals surface area (Å²) in [7, 11) is 0. The molecule has 0 aliphatic heterocycles. The Labute approximate surface area is 551 Å². The van der Waals surface area contributed by atoms with Gasteiger partial charge in [0.1, 0.15) is 0 Å². The number of carbonyl (C=O) groups excluding carboxylic acids is 2. The first kappa shape index (κ1) is 86.3. The Morgan fingerprint density at radius 3 is 0.807 bits per heavy atom. The van der Waals surface area contributed by atoms with Gasteiger partial charge in [0, 0.05) is 12.8 Å². The zero-order chi connectivity index (χ0) is 63.5. The molecule has 3 N–H and O–H groups in total. The molecule has 0 rings (SSSR count). The van der Waals surface area contributed by atoms with Crippen LogP contribution in [0.3, 0.4) is 0 Å². The molecule has 0 aromatic heterocycles. The van der Waals surface area contributed by atoms with Gasteiger partial charge in [-0.05, 0) is 57.8 Å². The maximum atomic E-state index is 12.5. The fourth-order valence-corrected chi connectivity index (χ4v) is 13.0. The van der Waals surface area contributed by atoms with E-state index in [4.69, 9.17) is 4.74 Å². The fourth-order valence-electron chi connectivity index (χ4n) is 13.0. The zero-order valence-electron chi connectivity index (χ0n) is 60.0. The third-order valence-electron chi connectivity index (χ3n) is 19.2. The summed E-state index contributed by atoms with van der Waals surface area (Å²) in [4.78, 5) is 24.6. The number of aliphatic hydroxyl groups excluding tert-OH is 2. The molecular weight excluding hydrogens is 1080 g/mol. The van der Waals surface area contributed by atoms with E-state index in [9.17, 15) is 19.8 Å². The monoisotopic (exact) mass is 1240 g/mol. The highest BCUT2D eigenvalue weighted by atomic mass is 16.5. The van der Waals surface area contributed by atoms with Crippen LogP contribution in [0.1, 0.15) is 463 Å². The van der Waals surface area contributed by atoms with Gasteiger partial charge in [0.05, 0.1) is 25.4 Å². The molecule has 0 fully saturated rings. The number of nitrogens with one attached hydrogen (secondary N) is 1. The molecule has 1 amide bonds. The minimum atomic E-state index is -0.842. The number of hydrogen-bond donors (Lipinski definition) is 3. The second kappa shape index (κ2) is 77.8. The molecule has 0 aliphatic rings. The van der Waals surface area contributed by atoms with Crippen LogP contribution in [0.5, 0.6) is 0 Å². The van der Waals surface area contributed by atoms with Gasteiger partial charge >= 0.3 is 5.97 Å². The second-order valence-electron chi connectivity index (χ2n) is 28.1. The van der Waals surface area contributed by atoms with Crippen molar-refractivity contribution in [2.75, 3.05) is 13.2 Å². The molecule has 0 radical (unpaired) electrons. The molecule has 88 heavy (non-hydrogen) atoms. The number of ether oxygens (including phenoxy) is 1. The minimum absolute atomic E-state index is 0.0228. The molecular formula is C82H159NO5. The van der Waals surface area contributed by atoms with Gasteiger partial charge in [0.25, 0.3) is 0 Å². The second-order valence-corrected chi connectivity index (χ2v) is 28.1. The summed E-state index contributed by atoms with van der Waals surface area (Å²) in [6.45, 7) is 4.95. The Hall–Kier alpha value is -1.66. The molecule has 0 spiro atoms. The van der Waals surface area contributed by atoms with Gasteiger partial charge in [-0.25, -0.2) is 0 Å². The molecule has 0 aliphatic carbocycles. The van der Waals surface area contributed by atoms with E-state index in [1.807, 2.05) is 6.08 Å². The fraction of sp³-hybridized carbons (Fsp3) is 0.927. The number of carbonyl (C=O) groups is 2. The molecule has 6 heteroatoms. The number of amides is 1. The first-order valence-corrected chi connectivity index (χ1v) is 40.6. The van der Waals surface area contributed by atoms with Crippen molar-refractivity contribution >= 4 is 11.9 Å². The van der Waals surface area contributed by atoms with E-state index in [0.29, 0.717) is 19.4 Å². The van der Waals surface area contributed by atoms with Crippen molar-refractivity contribution in [3.05, 3.63) is 24.3 Å². The Morgan fingerprint density at radius 2 is 0.534 bits per heavy atom. The predicted molar refractivity (Wildman–Crippen MR) is 389 cm³/mol. The lowest BCUT2D eigenvalue weighted by molar-refractivity contribution is -0.143. The third-order valence-corrected chi connectivity index (χ3v) is 19.2. The largest absolute Gasteiger partial charge is 0.466 e. The van der Waals surface area contributed by atoms with Crippen molar-refractivity contribution in [2.24, 2.45) is 0 Å². The molecule has 0 saturated carbocycles. The van der Waals surface area contributed by atoms with Gasteiger partial charge in [0.15, 0.2) is 0 Å². The van der Waals surface area contributed by atoms with Gasteiger partial charge in [-0.15, -0.1) is 0 Å². The first-order valence-electron chi connectivity index (χ1n) is 40.6. The minimum Gasteiger partial charge on any atom is -0.466 e. The zero-order valence-corrected chi connectivity index (χ0v) is 60.0. The molecule has 0 heterocycles. The highest BCUT2D eigenvalue weighted by Gasteiger charge is 2.18. The first-order chi connectivity index (χ1) is 43.5. The van der Waals surface area contributed by atoms with Gasteiger partial charge in [-0.2, -0.15) is 0 Å². The predicted octanol–water partition coefficient (Wildman–Crippen LogP) is 26.8. The normalized spacial score (nSPS) is 12.5. The van der Waals surface area contributed by atoms with Crippen LogP contribution in [0.15, 0.2) is 24.3 Å². The molecule has 6 nitrogen and oxygen atoms in total. The smallest absolute Gasteiger partial charge is 0.305 e. The molecule has 0 bridgehead atoms. The molecule has 522 valence electrons. The van der Waals surface area contributed by atoms with E-state index in [0.717, 1.165) is 38.5 Å². The lowest BCUT2D eigenvalue weighted by atomic mass is 10.0. The van der Waals surface area contributed by atoms with E-state index in [2.05, 4.69) is 31.3 Å². The summed E-state index contributed by atoms with van der Waals surface area (Å²) in [5.74, 6) is -0.0358. The Morgan fingerprint density at radius 1 is 0.307 bits per heavy atom. The van der Waals surface area contributed by atoms with Crippen molar-refractivity contribution in [1.82, 2.24) is 5.32 Å². The van der Waals surface area contributed by atoms with Gasteiger partial charge in [-0.1, -0.05) is 417 Å². The van der Waals surface area contributed by atoms with E-state index >= 15 is 0 Å². The lowest BCUT2D eigenvalue weighted by Crippen LogP contribution is -2.45. The SMILES string of the molecule is CCCCCCCCCCCCCCCCCCCCC/C=C/C(O)C(CO)NC(=O)CCCCCCCCCCCCCCCCCCC/C=C\CCCCCCCCCCCCCCCCCCCCOC(=O)CCCCCCCCCCCCC. The van der Waals surface area contributed by atoms with E-state index < -0.39 is 12.1 Å². The van der Waals surface area contributed by atoms with Crippen LogP contribution in [0.25, 0.3) is 0 Å². The standard InChI is InChI=1S/C82H159NO5/c1-3-5-7-9-11-13-15-16-17-18-19-39-42-45-48-51-55-58-62-66-70-74-80(85)79(78-84)83-81(86)75-71-67-63-59-56-52-49-46-43-40-37-35-33-31-29-27-25-23-21-20-22-24-26-28-30-32-34-36-38-41-44-47-50-53-57-61-65-69-73-77-88-82(87)76-72-68-64-60-54-14-12-10-8-6-4-2/h20-21,70,74,79-80,84-85H,3-19,22-69,71-73,75-78H2,1-2H3,(H,83,86)/b21-20-,74-70+. The molecule has 0 aromatic rings. The number of esters is 1. The average molecular weight is 1240 g/mol. The number of aliphatic hydroxyl groups is 2. The number of rotatable bonds is 77. The van der Waals surface area contributed by atoms with Crippen LogP contribution in [-0.4, -0.2) is 47.4 Å². The maximum absolute atomic E-state index is 12.5. The van der Waals surface area contributed by atoms with Crippen molar-refractivity contribution < 1.29 is 24.5 Å². The van der Waals surface area contributed by atoms with E-state index in [1.165, 1.54) is 398 Å². The van der Waals surface area contributed by atoms with Crippen LogP contribution in [0, 0.1) is 0 Å². The number of allylic oxidation sites excluding steroid dienone is 3. The van der Waals surface area contributed by atoms with Gasteiger partial charge in [-0.3, -0.25) is 9.59 Å². The van der Waals surface area contributed by atoms with E-state index in [-0.39, 0.29) is 18.5 Å². The van der Waals surface area contributed by atoms with Gasteiger partial charge in [0.2, 0.25) is 5.91 Å². The summed E-state index contributed by atoms with van der Waals surface area (Å²) in [6.07, 6.45) is 100. The lowest BCUT2D eigenvalue weighted by Gasteiger charge is -2.20. The van der Waals surface area contributed by atoms with Crippen LogP contribution >= 0.6 is 0 Å². The van der Waals surface area contributed by atoms with E-state index in [1.54, 1.807) is 6.08 Å². The molecule has 2 unspecified atom stereocenters. The average Bonchev–Trinajstić information content (AvgIpc) is 3.55. The van der Waals surface area contributed by atoms with Crippen LogP contribution in [0.4, 0.5) is 0 Å². The third kappa shape index (κ3) is 73.4. The summed E-state index contributed by atoms with van der Waals surface area (Å²) in [5, 5.41) is 23.3. The quantitative estimate of drug-likeness (QED) is 0.0320. The maximum Gasteiger partial charge on any atom is 0.305 e. The van der Waals surface area contributed by atoms with Gasteiger partial charge < -0.3 is 20.3 Å². The molecule has 2 atom stereocenters. The van der Waals surface area contributed by atoms with Crippen molar-refractivity contribution in [3.8, 4) is 0 Å². The van der Waals surface area contributed by atoms with Crippen LogP contribution in [-0.2, 0) is 14.3 Å². The Bertz CT molecular complexity index is 1380. The molecule has 0 aromatic carbocycles. The van der Waals surface area contributed by atoms with Crippen molar-refractivity contribution in [2.45, 2.75) is 475 Å². The Balaban J connectivity index is 3.35. The summed E-state index contributed by atoms with van der Waals surface area (Å²) in [6, 6.07) is -0.625. The Kier molecular flexibility index (Phi) is 76.3. The summed E-state index contributed by atoms with van der Waals surface area (Å²) in [5.41, 5.74) is 0. The van der Waals surface area contributed by atoms with Crippen molar-refractivity contribution in [3.63, 3.8) is 0 Å². The van der Waals surface area contributed by atoms with Crippen molar-refractivity contribution in [1.29, 1.82) is 0 Å². The summed E-state index contributed by atoms with van der Waals surface area (Å²) < 4.78 is 5.48. The summed E-state index contributed by atoms with van der Waals surface area (Å²) >= 11 is 0.